The first-order valence-electron chi connectivity index (χ1n) is 3.68. The molecule has 0 heterocycles. The van der Waals surface area contributed by atoms with Crippen LogP contribution in [0.3, 0.4) is 0 Å². The zero-order valence-corrected chi connectivity index (χ0v) is 6.87. The van der Waals surface area contributed by atoms with Crippen LogP contribution in [0.5, 0.6) is 5.75 Å². The highest BCUT2D eigenvalue weighted by Gasteiger charge is 1.89. The zero-order chi connectivity index (χ0) is 8.10. The maximum Gasteiger partial charge on any atom is 0.126 e. The summed E-state index contributed by atoms with van der Waals surface area (Å²) in [5.41, 5.74) is 0. The Labute approximate surface area is 67.3 Å². The molecule has 0 saturated heterocycles. The maximum absolute atomic E-state index is 5.42. The molecule has 11 heavy (non-hydrogen) atoms. The molecule has 1 nitrogen and oxygen atoms in total. The van der Waals surface area contributed by atoms with E-state index in [1.807, 2.05) is 50.3 Å². The number of rotatable bonds is 2. The van der Waals surface area contributed by atoms with Gasteiger partial charge in [-0.05, 0) is 32.1 Å². The molecule has 1 rings (SSSR count). The summed E-state index contributed by atoms with van der Waals surface area (Å²) in [4.78, 5) is 0. The minimum Gasteiger partial charge on any atom is -0.462 e. The Hall–Kier alpha value is -1.24. The molecule has 0 N–H and O–H groups in total. The summed E-state index contributed by atoms with van der Waals surface area (Å²) in [6.45, 7) is 3.89. The summed E-state index contributed by atoms with van der Waals surface area (Å²) in [6, 6.07) is 9.76. The van der Waals surface area contributed by atoms with E-state index in [1.54, 1.807) is 0 Å². The summed E-state index contributed by atoms with van der Waals surface area (Å²) in [7, 11) is 0. The third-order valence-corrected chi connectivity index (χ3v) is 1.43. The third kappa shape index (κ3) is 2.46. The molecule has 0 aliphatic rings. The first-order valence-corrected chi connectivity index (χ1v) is 3.68. The molecule has 0 fully saturated rings. The Bertz CT molecular complexity index is 236. The first kappa shape index (κ1) is 7.86. The largest absolute Gasteiger partial charge is 0.462 e. The molecule has 1 aromatic rings. The average Bonchev–Trinajstić information content (AvgIpc) is 2.06. The van der Waals surface area contributed by atoms with Gasteiger partial charge in [0.25, 0.3) is 0 Å². The van der Waals surface area contributed by atoms with Crippen molar-refractivity contribution in [1.29, 1.82) is 0 Å². The highest BCUT2D eigenvalue weighted by molar-refractivity contribution is 5.22. The molecule has 0 bridgehead atoms. The topological polar surface area (TPSA) is 9.23 Å². The Kier molecular flexibility index (Phi) is 2.73. The number of ether oxygens (including phenoxy) is 1. The van der Waals surface area contributed by atoms with Gasteiger partial charge in [0, 0.05) is 0 Å². The van der Waals surface area contributed by atoms with Crippen molar-refractivity contribution in [3.63, 3.8) is 0 Å². The molecular weight excluding hydrogens is 136 g/mol. The quantitative estimate of drug-likeness (QED) is 0.586. The fourth-order valence-corrected chi connectivity index (χ4v) is 0.733. The van der Waals surface area contributed by atoms with Gasteiger partial charge in [0.2, 0.25) is 0 Å². The number of benzene rings is 1. The number of allylic oxidation sites excluding steroid dienone is 2. The Morgan fingerprint density at radius 2 is 1.91 bits per heavy atom. The third-order valence-electron chi connectivity index (χ3n) is 1.43. The van der Waals surface area contributed by atoms with Gasteiger partial charge in [-0.25, -0.2) is 0 Å². The lowest BCUT2D eigenvalue weighted by molar-refractivity contribution is 0.427. The van der Waals surface area contributed by atoms with E-state index < -0.39 is 0 Å². The summed E-state index contributed by atoms with van der Waals surface area (Å²) in [5.74, 6) is 1.82. The number of hydrogen-bond acceptors (Lipinski definition) is 1. The minimum absolute atomic E-state index is 0.892. The van der Waals surface area contributed by atoms with Gasteiger partial charge in [-0.2, -0.15) is 0 Å². The van der Waals surface area contributed by atoms with Crippen molar-refractivity contribution in [3.8, 4) is 5.75 Å². The summed E-state index contributed by atoms with van der Waals surface area (Å²) < 4.78 is 5.42. The molecule has 1 heteroatoms. The van der Waals surface area contributed by atoms with Gasteiger partial charge in [-0.1, -0.05) is 18.2 Å². The van der Waals surface area contributed by atoms with Gasteiger partial charge in [0.05, 0.1) is 5.76 Å². The average molecular weight is 148 g/mol. The molecule has 0 aliphatic heterocycles. The molecular formula is C10H12O. The normalized spacial score (nSPS) is 11.3. The van der Waals surface area contributed by atoms with Crippen LogP contribution in [0.1, 0.15) is 13.8 Å². The van der Waals surface area contributed by atoms with Crippen LogP contribution in [0, 0.1) is 0 Å². The number of para-hydroxylation sites is 1. The predicted molar refractivity (Wildman–Crippen MR) is 46.5 cm³/mol. The SMILES string of the molecule is C/C=C(/C)Oc1ccccc1. The van der Waals surface area contributed by atoms with E-state index in [9.17, 15) is 0 Å². The predicted octanol–water partition coefficient (Wildman–Crippen LogP) is 2.99. The standard InChI is InChI=1S/C10H12O/c1-3-9(2)11-10-7-5-4-6-8-10/h3-8H,1-2H3/b9-3-. The van der Waals surface area contributed by atoms with Crippen LogP contribution in [0.25, 0.3) is 0 Å². The lowest BCUT2D eigenvalue weighted by Gasteiger charge is -2.03. The van der Waals surface area contributed by atoms with Gasteiger partial charge < -0.3 is 4.74 Å². The van der Waals surface area contributed by atoms with Gasteiger partial charge in [-0.3, -0.25) is 0 Å². The van der Waals surface area contributed by atoms with Crippen molar-refractivity contribution >= 4 is 0 Å². The van der Waals surface area contributed by atoms with Gasteiger partial charge >= 0.3 is 0 Å². The van der Waals surface area contributed by atoms with E-state index in [2.05, 4.69) is 0 Å². The smallest absolute Gasteiger partial charge is 0.126 e. The highest BCUT2D eigenvalue weighted by Crippen LogP contribution is 2.11. The van der Waals surface area contributed by atoms with Crippen molar-refractivity contribution in [2.45, 2.75) is 13.8 Å². The highest BCUT2D eigenvalue weighted by atomic mass is 16.5. The second-order valence-corrected chi connectivity index (χ2v) is 2.31. The van der Waals surface area contributed by atoms with E-state index in [0.717, 1.165) is 11.5 Å². The van der Waals surface area contributed by atoms with Crippen molar-refractivity contribution in [3.05, 3.63) is 42.2 Å². The summed E-state index contributed by atoms with van der Waals surface area (Å²) >= 11 is 0. The van der Waals surface area contributed by atoms with E-state index in [0.29, 0.717) is 0 Å². The van der Waals surface area contributed by atoms with Crippen LogP contribution >= 0.6 is 0 Å². The Morgan fingerprint density at radius 3 is 2.45 bits per heavy atom. The van der Waals surface area contributed by atoms with Crippen LogP contribution in [0.15, 0.2) is 42.2 Å². The zero-order valence-electron chi connectivity index (χ0n) is 6.87. The summed E-state index contributed by atoms with van der Waals surface area (Å²) in [5, 5.41) is 0. The van der Waals surface area contributed by atoms with Gasteiger partial charge in [0.1, 0.15) is 5.75 Å². The van der Waals surface area contributed by atoms with Crippen LogP contribution in [0.4, 0.5) is 0 Å². The molecule has 1 aromatic carbocycles. The monoisotopic (exact) mass is 148 g/mol. The van der Waals surface area contributed by atoms with E-state index in [4.69, 9.17) is 4.74 Å². The second-order valence-electron chi connectivity index (χ2n) is 2.31. The van der Waals surface area contributed by atoms with Crippen LogP contribution in [-0.4, -0.2) is 0 Å². The molecule has 0 atom stereocenters. The Morgan fingerprint density at radius 1 is 1.27 bits per heavy atom. The van der Waals surface area contributed by atoms with E-state index in [1.165, 1.54) is 0 Å². The van der Waals surface area contributed by atoms with Crippen molar-refractivity contribution in [2.75, 3.05) is 0 Å². The molecule has 0 aliphatic carbocycles. The van der Waals surface area contributed by atoms with Crippen molar-refractivity contribution in [2.24, 2.45) is 0 Å². The van der Waals surface area contributed by atoms with E-state index in [-0.39, 0.29) is 0 Å². The lowest BCUT2D eigenvalue weighted by Crippen LogP contribution is -1.88. The van der Waals surface area contributed by atoms with E-state index >= 15 is 0 Å². The summed E-state index contributed by atoms with van der Waals surface area (Å²) in [6.07, 6.45) is 1.94. The van der Waals surface area contributed by atoms with Crippen molar-refractivity contribution in [1.82, 2.24) is 0 Å². The first-order chi connectivity index (χ1) is 5.33. The Balaban J connectivity index is 2.65. The van der Waals surface area contributed by atoms with Gasteiger partial charge in [0.15, 0.2) is 0 Å². The molecule has 0 radical (unpaired) electrons. The molecule has 0 aromatic heterocycles. The molecule has 58 valence electrons. The number of hydrogen-bond donors (Lipinski definition) is 0. The fraction of sp³-hybridized carbons (Fsp3) is 0.200. The fourth-order valence-electron chi connectivity index (χ4n) is 0.733. The van der Waals surface area contributed by atoms with Gasteiger partial charge in [-0.15, -0.1) is 0 Å². The molecule has 0 unspecified atom stereocenters. The van der Waals surface area contributed by atoms with Crippen LogP contribution in [-0.2, 0) is 0 Å². The second kappa shape index (κ2) is 3.81. The molecule has 0 saturated carbocycles. The minimum atomic E-state index is 0.892. The lowest BCUT2D eigenvalue weighted by atomic mass is 10.3. The maximum atomic E-state index is 5.42. The van der Waals surface area contributed by atoms with Crippen molar-refractivity contribution < 1.29 is 4.74 Å². The van der Waals surface area contributed by atoms with Crippen LogP contribution in [0.2, 0.25) is 0 Å². The van der Waals surface area contributed by atoms with Crippen LogP contribution < -0.4 is 4.74 Å². The molecule has 0 amide bonds. The molecule has 0 spiro atoms.